The molecule has 0 radical (unpaired) electrons. The number of unbranched alkanes of at least 4 members (excludes halogenated alkanes) is 10. The van der Waals surface area contributed by atoms with E-state index in [1.54, 1.807) is 0 Å². The summed E-state index contributed by atoms with van der Waals surface area (Å²) in [6.45, 7) is 2.75. The zero-order chi connectivity index (χ0) is 25.7. The Balaban J connectivity index is 3.34. The van der Waals surface area contributed by atoms with Gasteiger partial charge in [-0.05, 0) is 38.5 Å². The maximum atomic E-state index is 11.7. The van der Waals surface area contributed by atoms with Crippen LogP contribution >= 0.6 is 0 Å². The lowest BCUT2D eigenvalue weighted by Gasteiger charge is -2.23. The van der Waals surface area contributed by atoms with E-state index in [4.69, 9.17) is 9.47 Å². The zero-order valence-electron chi connectivity index (χ0n) is 23.4. The molecule has 0 saturated heterocycles. The van der Waals surface area contributed by atoms with Gasteiger partial charge in [-0.2, -0.15) is 0 Å². The Labute approximate surface area is 210 Å². The summed E-state index contributed by atoms with van der Waals surface area (Å²) in [7, 11) is 12.6. The summed E-state index contributed by atoms with van der Waals surface area (Å²) in [5, 5.41) is 0. The van der Waals surface area contributed by atoms with E-state index >= 15 is 0 Å². The summed E-state index contributed by atoms with van der Waals surface area (Å²) in [6.07, 6.45) is 19.5. The van der Waals surface area contributed by atoms with E-state index in [0.717, 1.165) is 60.6 Å². The Bertz CT molecular complexity index is 500. The molecule has 6 heteroatoms. The van der Waals surface area contributed by atoms with Crippen molar-refractivity contribution in [2.45, 2.75) is 89.9 Å². The number of ether oxygens (including phenoxy) is 2. The first-order chi connectivity index (χ1) is 16.0. The first-order valence-corrected chi connectivity index (χ1v) is 13.6. The van der Waals surface area contributed by atoms with Crippen LogP contribution in [-0.4, -0.2) is 89.5 Å². The Hall–Kier alpha value is -1.40. The molecule has 0 aromatic rings. The van der Waals surface area contributed by atoms with E-state index < -0.39 is 0 Å². The smallest absolute Gasteiger partial charge is 0.305 e. The summed E-state index contributed by atoms with van der Waals surface area (Å²) < 4.78 is 12.2. The molecule has 0 atom stereocenters. The summed E-state index contributed by atoms with van der Waals surface area (Å²) in [5.41, 5.74) is 0. The average Bonchev–Trinajstić information content (AvgIpc) is 2.71. The topological polar surface area (TPSA) is 52.6 Å². The van der Waals surface area contributed by atoms with E-state index in [1.165, 1.54) is 38.5 Å². The highest BCUT2D eigenvalue weighted by Crippen LogP contribution is 2.11. The van der Waals surface area contributed by atoms with E-state index in [9.17, 15) is 9.59 Å². The van der Waals surface area contributed by atoms with Crippen molar-refractivity contribution in [3.8, 4) is 0 Å². The van der Waals surface area contributed by atoms with Crippen LogP contribution < -0.4 is 0 Å². The van der Waals surface area contributed by atoms with Crippen molar-refractivity contribution in [2.24, 2.45) is 0 Å². The van der Waals surface area contributed by atoms with Gasteiger partial charge in [-0.1, -0.05) is 50.7 Å². The second-order valence-corrected chi connectivity index (χ2v) is 11.6. The van der Waals surface area contributed by atoms with Gasteiger partial charge in [-0.25, -0.2) is 0 Å². The number of carbonyl (C=O) groups is 2. The van der Waals surface area contributed by atoms with Crippen LogP contribution in [0.15, 0.2) is 12.2 Å². The highest BCUT2D eigenvalue weighted by molar-refractivity contribution is 5.69. The molecule has 0 heterocycles. The number of rotatable bonds is 22. The largest absolute Gasteiger partial charge is 0.460 e. The number of nitrogens with zero attached hydrogens (tertiary/aromatic N) is 2. The van der Waals surface area contributed by atoms with Gasteiger partial charge >= 0.3 is 11.9 Å². The van der Waals surface area contributed by atoms with Crippen molar-refractivity contribution in [1.29, 1.82) is 0 Å². The van der Waals surface area contributed by atoms with E-state index in [-0.39, 0.29) is 11.9 Å². The molecular formula is C28H56N2O4+2. The lowest BCUT2D eigenvalue weighted by molar-refractivity contribution is -0.870. The number of esters is 2. The summed E-state index contributed by atoms with van der Waals surface area (Å²) in [4.78, 5) is 23.4. The third-order valence-corrected chi connectivity index (χ3v) is 5.72. The highest BCUT2D eigenvalue weighted by atomic mass is 16.5. The first kappa shape index (κ1) is 32.6. The molecule has 0 bridgehead atoms. The third kappa shape index (κ3) is 26.8. The molecule has 0 unspecified atom stereocenters. The standard InChI is InChI=1S/C28H56N2O4/c1-29(2,3)23-25-33-27(31)21-19-17-15-13-11-9-7-8-10-12-14-16-18-20-22-28(32)34-26-24-30(4,5)6/h7-8H,9-26H2,1-6H3/q+2/b8-7+. The van der Waals surface area contributed by atoms with E-state index in [1.807, 2.05) is 0 Å². The Morgan fingerprint density at radius 3 is 1.21 bits per heavy atom. The maximum Gasteiger partial charge on any atom is 0.305 e. The normalized spacial score (nSPS) is 12.3. The molecular weight excluding hydrogens is 428 g/mol. The number of allylic oxidation sites excluding steroid dienone is 2. The van der Waals surface area contributed by atoms with Crippen LogP contribution in [0.2, 0.25) is 0 Å². The Kier molecular flexibility index (Phi) is 19.0. The third-order valence-electron chi connectivity index (χ3n) is 5.72. The fourth-order valence-electron chi connectivity index (χ4n) is 3.37. The Morgan fingerprint density at radius 2 is 0.853 bits per heavy atom. The average molecular weight is 485 g/mol. The molecule has 0 spiro atoms. The van der Waals surface area contributed by atoms with E-state index in [0.29, 0.717) is 26.1 Å². The first-order valence-electron chi connectivity index (χ1n) is 13.6. The predicted molar refractivity (Wildman–Crippen MR) is 141 cm³/mol. The summed E-state index contributed by atoms with van der Waals surface area (Å²) in [6, 6.07) is 0. The second kappa shape index (κ2) is 19.9. The SMILES string of the molecule is C[N+](C)(C)CCOC(=O)CCCCCCC/C=C/CCCCCCCC(=O)OCC[N+](C)(C)C. The van der Waals surface area contributed by atoms with Gasteiger partial charge in [0.2, 0.25) is 0 Å². The fourth-order valence-corrected chi connectivity index (χ4v) is 3.37. The van der Waals surface area contributed by atoms with Crippen LogP contribution in [0.25, 0.3) is 0 Å². The molecule has 0 aliphatic rings. The van der Waals surface area contributed by atoms with Crippen LogP contribution in [0, 0.1) is 0 Å². The van der Waals surface area contributed by atoms with Gasteiger partial charge in [0.15, 0.2) is 0 Å². The zero-order valence-corrected chi connectivity index (χ0v) is 23.4. The molecule has 0 rings (SSSR count). The van der Waals surface area contributed by atoms with Crippen molar-refractivity contribution < 1.29 is 28.0 Å². The monoisotopic (exact) mass is 484 g/mol. The minimum absolute atomic E-state index is 0.0510. The van der Waals surface area contributed by atoms with Crippen LogP contribution in [0.3, 0.4) is 0 Å². The molecule has 34 heavy (non-hydrogen) atoms. The number of hydrogen-bond donors (Lipinski definition) is 0. The van der Waals surface area contributed by atoms with Gasteiger partial charge in [0.25, 0.3) is 0 Å². The molecule has 0 fully saturated rings. The molecule has 200 valence electrons. The molecule has 0 aromatic heterocycles. The van der Waals surface area contributed by atoms with Gasteiger partial charge in [0.1, 0.15) is 26.3 Å². The quantitative estimate of drug-likeness (QED) is 0.0881. The van der Waals surface area contributed by atoms with Gasteiger partial charge in [-0.15, -0.1) is 0 Å². The Morgan fingerprint density at radius 1 is 0.529 bits per heavy atom. The lowest BCUT2D eigenvalue weighted by Crippen LogP contribution is -2.38. The molecule has 0 aromatic carbocycles. The number of quaternary nitrogens is 2. The van der Waals surface area contributed by atoms with Crippen molar-refractivity contribution in [3.05, 3.63) is 12.2 Å². The van der Waals surface area contributed by atoms with E-state index in [2.05, 4.69) is 54.4 Å². The fraction of sp³-hybridized carbons (Fsp3) is 0.857. The van der Waals surface area contributed by atoms with Gasteiger partial charge < -0.3 is 18.4 Å². The van der Waals surface area contributed by atoms with Crippen molar-refractivity contribution in [1.82, 2.24) is 0 Å². The minimum Gasteiger partial charge on any atom is -0.460 e. The number of hydrogen-bond acceptors (Lipinski definition) is 4. The molecule has 0 saturated carbocycles. The summed E-state index contributed by atoms with van der Waals surface area (Å²) >= 11 is 0. The van der Waals surface area contributed by atoms with Gasteiger partial charge in [-0.3, -0.25) is 9.59 Å². The minimum atomic E-state index is -0.0510. The van der Waals surface area contributed by atoms with Crippen molar-refractivity contribution >= 4 is 11.9 Å². The van der Waals surface area contributed by atoms with Crippen LogP contribution in [0.5, 0.6) is 0 Å². The van der Waals surface area contributed by atoms with Crippen LogP contribution in [0.1, 0.15) is 89.9 Å². The van der Waals surface area contributed by atoms with Gasteiger partial charge in [0.05, 0.1) is 42.3 Å². The number of carbonyl (C=O) groups excluding carboxylic acids is 2. The van der Waals surface area contributed by atoms with Crippen molar-refractivity contribution in [3.63, 3.8) is 0 Å². The molecule has 0 amide bonds. The number of likely N-dealkylation sites (N-methyl/N-ethyl adjacent to an activating group) is 2. The predicted octanol–water partition coefficient (Wildman–Crippen LogP) is 5.50. The second-order valence-electron chi connectivity index (χ2n) is 11.6. The van der Waals surface area contributed by atoms with Crippen molar-refractivity contribution in [2.75, 3.05) is 68.6 Å². The maximum absolute atomic E-state index is 11.7. The highest BCUT2D eigenvalue weighted by Gasteiger charge is 2.10. The molecule has 6 nitrogen and oxygen atoms in total. The van der Waals surface area contributed by atoms with Crippen LogP contribution in [0.4, 0.5) is 0 Å². The molecule has 0 aliphatic carbocycles. The molecule has 0 aliphatic heterocycles. The van der Waals surface area contributed by atoms with Crippen LogP contribution in [-0.2, 0) is 19.1 Å². The lowest BCUT2D eigenvalue weighted by atomic mass is 10.1. The van der Waals surface area contributed by atoms with Gasteiger partial charge in [0, 0.05) is 12.8 Å². The summed E-state index contributed by atoms with van der Waals surface area (Å²) in [5.74, 6) is -0.102. The molecule has 0 N–H and O–H groups in total.